The Kier molecular flexibility index (Phi) is 8.37. The maximum absolute atomic E-state index is 6.07. The van der Waals surface area contributed by atoms with Crippen molar-refractivity contribution in [2.75, 3.05) is 13.9 Å². The maximum Gasteiger partial charge on any atom is 0.188 e. The predicted octanol–water partition coefficient (Wildman–Crippen LogP) is 7.20. The van der Waals surface area contributed by atoms with Gasteiger partial charge in [-0.2, -0.15) is 0 Å². The Morgan fingerprint density at radius 1 is 0.882 bits per heavy atom. The Hall–Kier alpha value is -3.11. The molecule has 0 unspecified atom stereocenters. The fourth-order valence-electron chi connectivity index (χ4n) is 4.52. The van der Waals surface area contributed by atoms with Crippen LogP contribution in [-0.4, -0.2) is 18.9 Å². The van der Waals surface area contributed by atoms with Gasteiger partial charge in [0.1, 0.15) is 23.8 Å². The van der Waals surface area contributed by atoms with E-state index >= 15 is 0 Å². The van der Waals surface area contributed by atoms with Crippen LogP contribution in [0.2, 0.25) is 0 Å². The summed E-state index contributed by atoms with van der Waals surface area (Å²) < 4.78 is 17.1. The molecule has 0 N–H and O–H groups in total. The molecule has 3 aromatic rings. The van der Waals surface area contributed by atoms with Crippen molar-refractivity contribution < 1.29 is 14.2 Å². The minimum atomic E-state index is 0.226. The molecule has 0 saturated carbocycles. The molecule has 0 radical (unpaired) electrons. The number of benzene rings is 2. The molecule has 4 heteroatoms. The third kappa shape index (κ3) is 6.27. The Labute approximate surface area is 203 Å². The molecule has 0 fully saturated rings. The van der Waals surface area contributed by atoms with Gasteiger partial charge in [0, 0.05) is 19.2 Å². The summed E-state index contributed by atoms with van der Waals surface area (Å²) in [5.41, 5.74) is 8.22. The van der Waals surface area contributed by atoms with Gasteiger partial charge in [-0.05, 0) is 91.6 Å². The van der Waals surface area contributed by atoms with E-state index in [-0.39, 0.29) is 6.79 Å². The van der Waals surface area contributed by atoms with E-state index in [0.29, 0.717) is 6.61 Å². The van der Waals surface area contributed by atoms with Gasteiger partial charge in [0.2, 0.25) is 0 Å². The molecule has 1 heterocycles. The van der Waals surface area contributed by atoms with E-state index in [0.717, 1.165) is 42.1 Å². The molecular formula is C30H35NO3. The molecule has 0 amide bonds. The lowest BCUT2D eigenvalue weighted by Crippen LogP contribution is -2.06. The first-order chi connectivity index (χ1) is 16.6. The molecule has 1 aliphatic carbocycles. The summed E-state index contributed by atoms with van der Waals surface area (Å²) in [7, 11) is 1.64. The van der Waals surface area contributed by atoms with Crippen molar-refractivity contribution >= 4 is 5.57 Å². The van der Waals surface area contributed by atoms with Gasteiger partial charge in [-0.1, -0.05) is 42.8 Å². The molecule has 178 valence electrons. The van der Waals surface area contributed by atoms with E-state index in [1.54, 1.807) is 7.11 Å². The van der Waals surface area contributed by atoms with Crippen molar-refractivity contribution in [3.8, 4) is 11.5 Å². The number of nitrogens with zero attached hydrogens (tertiary/aromatic N) is 1. The van der Waals surface area contributed by atoms with E-state index in [1.807, 2.05) is 24.3 Å². The first-order valence-electron chi connectivity index (χ1n) is 12.2. The number of ether oxygens (including phenoxy) is 3. The van der Waals surface area contributed by atoms with Crippen LogP contribution in [0.1, 0.15) is 65.7 Å². The van der Waals surface area contributed by atoms with Crippen LogP contribution in [0.4, 0.5) is 0 Å². The maximum atomic E-state index is 6.07. The topological polar surface area (TPSA) is 40.6 Å². The van der Waals surface area contributed by atoms with E-state index in [1.165, 1.54) is 47.1 Å². The van der Waals surface area contributed by atoms with Gasteiger partial charge >= 0.3 is 0 Å². The summed E-state index contributed by atoms with van der Waals surface area (Å²) >= 11 is 0. The van der Waals surface area contributed by atoms with Gasteiger partial charge in [0.15, 0.2) is 6.79 Å². The van der Waals surface area contributed by atoms with Crippen LogP contribution in [0.25, 0.3) is 5.57 Å². The van der Waals surface area contributed by atoms with Gasteiger partial charge < -0.3 is 14.2 Å². The molecule has 0 aliphatic heterocycles. The molecule has 0 bridgehead atoms. The molecular weight excluding hydrogens is 422 g/mol. The molecule has 1 aliphatic rings. The molecule has 1 aromatic heterocycles. The number of hydrogen-bond acceptors (Lipinski definition) is 4. The number of methoxy groups -OCH3 is 1. The lowest BCUT2D eigenvalue weighted by atomic mass is 9.97. The number of pyridine rings is 1. The van der Waals surface area contributed by atoms with Crippen molar-refractivity contribution in [1.29, 1.82) is 0 Å². The largest absolute Gasteiger partial charge is 0.489 e. The van der Waals surface area contributed by atoms with Crippen LogP contribution in [0.5, 0.6) is 11.5 Å². The van der Waals surface area contributed by atoms with Crippen LogP contribution in [0.15, 0.2) is 60.7 Å². The second-order valence-electron chi connectivity index (χ2n) is 9.02. The predicted molar refractivity (Wildman–Crippen MR) is 137 cm³/mol. The highest BCUT2D eigenvalue weighted by Crippen LogP contribution is 2.32. The Morgan fingerprint density at radius 2 is 1.68 bits per heavy atom. The first kappa shape index (κ1) is 24.0. The summed E-state index contributed by atoms with van der Waals surface area (Å²) in [5, 5.41) is 0. The summed E-state index contributed by atoms with van der Waals surface area (Å²) in [5.74, 6) is 1.71. The van der Waals surface area contributed by atoms with E-state index in [4.69, 9.17) is 19.2 Å². The monoisotopic (exact) mass is 457 g/mol. The van der Waals surface area contributed by atoms with Crippen LogP contribution < -0.4 is 9.47 Å². The van der Waals surface area contributed by atoms with Crippen molar-refractivity contribution in [3.05, 3.63) is 94.3 Å². The van der Waals surface area contributed by atoms with Gasteiger partial charge in [-0.25, -0.2) is 4.98 Å². The highest BCUT2D eigenvalue weighted by molar-refractivity contribution is 5.68. The highest BCUT2D eigenvalue weighted by atomic mass is 16.7. The van der Waals surface area contributed by atoms with E-state index < -0.39 is 0 Å². The lowest BCUT2D eigenvalue weighted by molar-refractivity contribution is 0.0506. The molecule has 4 nitrogen and oxygen atoms in total. The van der Waals surface area contributed by atoms with Crippen molar-refractivity contribution in [1.82, 2.24) is 4.98 Å². The third-order valence-corrected chi connectivity index (χ3v) is 6.37. The number of rotatable bonds is 9. The van der Waals surface area contributed by atoms with E-state index in [9.17, 15) is 0 Å². The zero-order valence-corrected chi connectivity index (χ0v) is 20.6. The molecule has 2 aromatic carbocycles. The Balaban J connectivity index is 1.55. The fourth-order valence-corrected chi connectivity index (χ4v) is 4.52. The smallest absolute Gasteiger partial charge is 0.188 e. The average Bonchev–Trinajstić information content (AvgIpc) is 3.14. The molecule has 34 heavy (non-hydrogen) atoms. The minimum absolute atomic E-state index is 0.226. The first-order valence-corrected chi connectivity index (χ1v) is 12.2. The minimum Gasteiger partial charge on any atom is -0.489 e. The van der Waals surface area contributed by atoms with Gasteiger partial charge in [0.25, 0.3) is 0 Å². The standard InChI is InChI=1S/C30H35NO3/c1-22-17-27(33-20-24-11-7-6-8-12-24)18-23(2)28(22)19-26-15-16-29(34-21-32-3)30(31-26)25-13-9-4-5-10-14-25/h6-8,11-13,15-18H,4-5,9-10,14,19-21H2,1-3H3. The third-order valence-electron chi connectivity index (χ3n) is 6.37. The van der Waals surface area contributed by atoms with Crippen molar-refractivity contribution in [2.45, 2.75) is 59.0 Å². The van der Waals surface area contributed by atoms with Crippen LogP contribution in [0, 0.1) is 13.8 Å². The Bertz CT molecular complexity index is 1100. The van der Waals surface area contributed by atoms with Crippen LogP contribution >= 0.6 is 0 Å². The number of allylic oxidation sites excluding steroid dienone is 2. The number of aryl methyl sites for hydroxylation is 2. The number of aromatic nitrogens is 1. The number of hydrogen-bond donors (Lipinski definition) is 0. The van der Waals surface area contributed by atoms with Crippen molar-refractivity contribution in [2.24, 2.45) is 0 Å². The van der Waals surface area contributed by atoms with Gasteiger partial charge in [-0.15, -0.1) is 0 Å². The second kappa shape index (κ2) is 11.8. The lowest BCUT2D eigenvalue weighted by Gasteiger charge is -2.16. The quantitative estimate of drug-likeness (QED) is 0.319. The zero-order chi connectivity index (χ0) is 23.8. The Morgan fingerprint density at radius 3 is 2.44 bits per heavy atom. The molecule has 4 rings (SSSR count). The molecule has 0 atom stereocenters. The van der Waals surface area contributed by atoms with Gasteiger partial charge in [-0.3, -0.25) is 0 Å². The summed E-state index contributed by atoms with van der Waals surface area (Å²) in [6.07, 6.45) is 8.98. The average molecular weight is 458 g/mol. The summed E-state index contributed by atoms with van der Waals surface area (Å²) in [4.78, 5) is 5.09. The van der Waals surface area contributed by atoms with E-state index in [2.05, 4.69) is 50.3 Å². The fraction of sp³-hybridized carbons (Fsp3) is 0.367. The summed E-state index contributed by atoms with van der Waals surface area (Å²) in [6.45, 7) is 5.11. The van der Waals surface area contributed by atoms with Crippen molar-refractivity contribution in [3.63, 3.8) is 0 Å². The summed E-state index contributed by atoms with van der Waals surface area (Å²) in [6, 6.07) is 18.7. The van der Waals surface area contributed by atoms with Crippen LogP contribution in [0.3, 0.4) is 0 Å². The second-order valence-corrected chi connectivity index (χ2v) is 9.02. The van der Waals surface area contributed by atoms with Crippen LogP contribution in [-0.2, 0) is 17.8 Å². The van der Waals surface area contributed by atoms with Gasteiger partial charge in [0.05, 0.1) is 0 Å². The molecule has 0 saturated heterocycles. The zero-order valence-electron chi connectivity index (χ0n) is 20.6. The highest BCUT2D eigenvalue weighted by Gasteiger charge is 2.16. The normalized spacial score (nSPS) is 13.8. The SMILES string of the molecule is COCOc1ccc(Cc2c(C)cc(OCc3ccccc3)cc2C)nc1C1=CCCCCC1. The molecule has 0 spiro atoms.